The summed E-state index contributed by atoms with van der Waals surface area (Å²) >= 11 is 0. The number of rotatable bonds is 7. The second kappa shape index (κ2) is 9.87. The fraction of sp³-hybridized carbons (Fsp3) is 0.591. The van der Waals surface area contributed by atoms with Crippen LogP contribution in [0.2, 0.25) is 0 Å². The molecule has 2 amide bonds. The molecule has 0 aromatic heterocycles. The Labute approximate surface area is 172 Å². The lowest BCUT2D eigenvalue weighted by molar-refractivity contribution is -0.146. The number of carbonyl (C=O) groups excluding carboxylic acids is 2. The number of aliphatic hydroxyl groups excluding tert-OH is 1. The fourth-order valence-electron chi connectivity index (χ4n) is 4.44. The van der Waals surface area contributed by atoms with Crippen LogP contribution in [0.5, 0.6) is 0 Å². The molecule has 1 aromatic carbocycles. The van der Waals surface area contributed by atoms with Crippen molar-refractivity contribution in [3.05, 3.63) is 35.4 Å². The maximum absolute atomic E-state index is 12.8. The molecule has 158 valence electrons. The van der Waals surface area contributed by atoms with Gasteiger partial charge in [-0.3, -0.25) is 15.0 Å². The van der Waals surface area contributed by atoms with Crippen molar-refractivity contribution >= 4 is 17.6 Å². The van der Waals surface area contributed by atoms with Gasteiger partial charge in [0.1, 0.15) is 18.0 Å². The van der Waals surface area contributed by atoms with Gasteiger partial charge in [-0.2, -0.15) is 0 Å². The molecule has 0 spiro atoms. The van der Waals surface area contributed by atoms with Crippen molar-refractivity contribution < 1.29 is 14.7 Å². The SMILES string of the molecule is N=C(N)c1ccc(CNC(=O)C2CCCN2C(=O)C(O)CC2CCCCC2)cc1. The molecule has 1 aliphatic heterocycles. The minimum Gasteiger partial charge on any atom is -0.384 e. The van der Waals surface area contributed by atoms with Gasteiger partial charge in [-0.25, -0.2) is 0 Å². The van der Waals surface area contributed by atoms with E-state index < -0.39 is 12.1 Å². The Morgan fingerprint density at radius 2 is 1.83 bits per heavy atom. The highest BCUT2D eigenvalue weighted by atomic mass is 16.3. The van der Waals surface area contributed by atoms with Crippen LogP contribution >= 0.6 is 0 Å². The largest absolute Gasteiger partial charge is 0.384 e. The van der Waals surface area contributed by atoms with Gasteiger partial charge in [-0.15, -0.1) is 0 Å². The number of aliphatic hydroxyl groups is 1. The average Bonchev–Trinajstić information content (AvgIpc) is 3.22. The van der Waals surface area contributed by atoms with Gasteiger partial charge in [-0.05, 0) is 30.7 Å². The van der Waals surface area contributed by atoms with E-state index in [1.54, 1.807) is 17.0 Å². The number of nitrogens with two attached hydrogens (primary N) is 1. The van der Waals surface area contributed by atoms with Crippen molar-refractivity contribution in [2.45, 2.75) is 70.1 Å². The maximum atomic E-state index is 12.8. The van der Waals surface area contributed by atoms with Gasteiger partial charge in [0.05, 0.1) is 0 Å². The van der Waals surface area contributed by atoms with Crippen molar-refractivity contribution in [2.24, 2.45) is 11.7 Å². The quantitative estimate of drug-likeness (QED) is 0.413. The molecule has 7 nitrogen and oxygen atoms in total. The number of nitrogen functional groups attached to an aromatic ring is 1. The van der Waals surface area contributed by atoms with Crippen LogP contribution < -0.4 is 11.1 Å². The van der Waals surface area contributed by atoms with E-state index in [0.29, 0.717) is 37.4 Å². The summed E-state index contributed by atoms with van der Waals surface area (Å²) < 4.78 is 0. The molecule has 1 aliphatic carbocycles. The van der Waals surface area contributed by atoms with Crippen molar-refractivity contribution in [2.75, 3.05) is 6.54 Å². The van der Waals surface area contributed by atoms with Crippen molar-refractivity contribution in [1.82, 2.24) is 10.2 Å². The standard InChI is InChI=1S/C22H32N4O3/c23-20(24)17-10-8-16(9-11-17)14-25-21(28)18-7-4-12-26(18)22(29)19(27)13-15-5-2-1-3-6-15/h8-11,15,18-19,27H,1-7,12-14H2,(H3,23,24)(H,25,28). The Morgan fingerprint density at radius 3 is 2.48 bits per heavy atom. The first-order valence-electron chi connectivity index (χ1n) is 10.7. The molecule has 5 N–H and O–H groups in total. The van der Waals surface area contributed by atoms with Gasteiger partial charge in [0.25, 0.3) is 5.91 Å². The number of amides is 2. The lowest BCUT2D eigenvalue weighted by Gasteiger charge is -2.29. The van der Waals surface area contributed by atoms with Gasteiger partial charge in [0.2, 0.25) is 5.91 Å². The average molecular weight is 401 g/mol. The third kappa shape index (κ3) is 5.56. The lowest BCUT2D eigenvalue weighted by Crippen LogP contribution is -2.49. The third-order valence-corrected chi connectivity index (χ3v) is 6.14. The number of hydrogen-bond acceptors (Lipinski definition) is 4. The Bertz CT molecular complexity index is 728. The highest BCUT2D eigenvalue weighted by molar-refractivity contribution is 5.95. The number of benzene rings is 1. The molecule has 0 radical (unpaired) electrons. The van der Waals surface area contributed by atoms with Crippen LogP contribution in [0.15, 0.2) is 24.3 Å². The molecule has 29 heavy (non-hydrogen) atoms. The van der Waals surface area contributed by atoms with Crippen LogP contribution in [0, 0.1) is 11.3 Å². The normalized spacial score (nSPS) is 21.0. The van der Waals surface area contributed by atoms with E-state index in [9.17, 15) is 14.7 Å². The molecule has 2 atom stereocenters. The zero-order valence-corrected chi connectivity index (χ0v) is 16.9. The Hall–Kier alpha value is -2.41. The number of nitrogens with zero attached hydrogens (tertiary/aromatic N) is 1. The predicted octanol–water partition coefficient (Wildman–Crippen LogP) is 1.91. The Kier molecular flexibility index (Phi) is 7.25. The molecule has 1 saturated carbocycles. The second-order valence-corrected chi connectivity index (χ2v) is 8.27. The van der Waals surface area contributed by atoms with Crippen molar-refractivity contribution in [1.29, 1.82) is 5.41 Å². The van der Waals surface area contributed by atoms with E-state index in [2.05, 4.69) is 5.32 Å². The van der Waals surface area contributed by atoms with E-state index in [4.69, 9.17) is 11.1 Å². The summed E-state index contributed by atoms with van der Waals surface area (Å²) in [5.41, 5.74) is 6.99. The monoisotopic (exact) mass is 400 g/mol. The zero-order chi connectivity index (χ0) is 20.8. The summed E-state index contributed by atoms with van der Waals surface area (Å²) in [4.78, 5) is 27.0. The molecule has 7 heteroatoms. The first-order valence-corrected chi connectivity index (χ1v) is 10.7. The first kappa shape index (κ1) is 21.3. The second-order valence-electron chi connectivity index (χ2n) is 8.27. The molecular formula is C22H32N4O3. The number of nitrogens with one attached hydrogen (secondary N) is 2. The molecule has 2 aliphatic rings. The summed E-state index contributed by atoms with van der Waals surface area (Å²) in [7, 11) is 0. The van der Waals surface area contributed by atoms with E-state index in [0.717, 1.165) is 24.8 Å². The van der Waals surface area contributed by atoms with Crippen LogP contribution in [-0.2, 0) is 16.1 Å². The van der Waals surface area contributed by atoms with Gasteiger partial charge >= 0.3 is 0 Å². The van der Waals surface area contributed by atoms with Crippen LogP contribution in [0.25, 0.3) is 0 Å². The predicted molar refractivity (Wildman–Crippen MR) is 111 cm³/mol. The topological polar surface area (TPSA) is 120 Å². The summed E-state index contributed by atoms with van der Waals surface area (Å²) in [5.74, 6) is -0.0709. The maximum Gasteiger partial charge on any atom is 0.252 e. The molecular weight excluding hydrogens is 368 g/mol. The number of hydrogen-bond donors (Lipinski definition) is 4. The van der Waals surface area contributed by atoms with Gasteiger partial charge in [0, 0.05) is 18.7 Å². The Morgan fingerprint density at radius 1 is 1.14 bits per heavy atom. The molecule has 2 unspecified atom stereocenters. The molecule has 1 aromatic rings. The minimum absolute atomic E-state index is 0.00693. The van der Waals surface area contributed by atoms with Gasteiger partial charge in [0.15, 0.2) is 0 Å². The van der Waals surface area contributed by atoms with E-state index in [-0.39, 0.29) is 17.6 Å². The highest BCUT2D eigenvalue weighted by Gasteiger charge is 2.37. The van der Waals surface area contributed by atoms with Gasteiger partial charge in [-0.1, -0.05) is 56.4 Å². The van der Waals surface area contributed by atoms with Crippen molar-refractivity contribution in [3.8, 4) is 0 Å². The van der Waals surface area contributed by atoms with E-state index in [1.165, 1.54) is 19.3 Å². The van der Waals surface area contributed by atoms with Crippen molar-refractivity contribution in [3.63, 3.8) is 0 Å². The molecule has 1 heterocycles. The number of amidine groups is 1. The zero-order valence-electron chi connectivity index (χ0n) is 16.9. The first-order chi connectivity index (χ1) is 14.0. The Balaban J connectivity index is 1.52. The molecule has 1 saturated heterocycles. The third-order valence-electron chi connectivity index (χ3n) is 6.14. The molecule has 0 bridgehead atoms. The fourth-order valence-corrected chi connectivity index (χ4v) is 4.44. The number of carbonyl (C=O) groups is 2. The highest BCUT2D eigenvalue weighted by Crippen LogP contribution is 2.28. The summed E-state index contributed by atoms with van der Waals surface area (Å²) in [6, 6.07) is 6.62. The molecule has 2 fully saturated rings. The van der Waals surface area contributed by atoms with Gasteiger partial charge < -0.3 is 21.1 Å². The van der Waals surface area contributed by atoms with Crippen LogP contribution in [0.4, 0.5) is 0 Å². The summed E-state index contributed by atoms with van der Waals surface area (Å²) in [6.45, 7) is 0.867. The van der Waals surface area contributed by atoms with Crippen LogP contribution in [-0.4, -0.2) is 46.3 Å². The van der Waals surface area contributed by atoms with Crippen LogP contribution in [0.1, 0.15) is 62.5 Å². The molecule has 3 rings (SSSR count). The van der Waals surface area contributed by atoms with Crippen LogP contribution in [0.3, 0.4) is 0 Å². The van der Waals surface area contributed by atoms with E-state index in [1.807, 2.05) is 12.1 Å². The lowest BCUT2D eigenvalue weighted by atomic mass is 9.85. The number of likely N-dealkylation sites (tertiary alicyclic amines) is 1. The summed E-state index contributed by atoms with van der Waals surface area (Å²) in [5, 5.41) is 20.8. The minimum atomic E-state index is -1.01. The van der Waals surface area contributed by atoms with E-state index >= 15 is 0 Å². The summed E-state index contributed by atoms with van der Waals surface area (Å²) in [6.07, 6.45) is 6.64. The smallest absolute Gasteiger partial charge is 0.252 e.